The summed E-state index contributed by atoms with van der Waals surface area (Å²) in [5.41, 5.74) is 4.12. The Morgan fingerprint density at radius 3 is 2.00 bits per heavy atom. The largest absolute Gasteiger partial charge is 0.393 e. The molecule has 1 rings (SSSR count). The molecular weight excluding hydrogens is 164 g/mol. The Labute approximate surface area is 78.8 Å². The average Bonchev–Trinajstić information content (AvgIpc) is 2.02. The molecule has 0 radical (unpaired) electrons. The van der Waals surface area contributed by atoms with E-state index in [-0.39, 0.29) is 6.61 Å². The summed E-state index contributed by atoms with van der Waals surface area (Å²) >= 11 is 0. The predicted molar refractivity (Wildman–Crippen MR) is 52.7 cm³/mol. The van der Waals surface area contributed by atoms with E-state index in [1.165, 1.54) is 5.56 Å². The number of aryl methyl sites for hydroxylation is 3. The fraction of sp³-hybridized carbons (Fsp3) is 0.455. The summed E-state index contributed by atoms with van der Waals surface area (Å²) < 4.78 is 0. The molecule has 0 unspecified atom stereocenters. The van der Waals surface area contributed by atoms with Gasteiger partial charge in [0.2, 0.25) is 0 Å². The van der Waals surface area contributed by atoms with Crippen LogP contribution in [0.25, 0.3) is 0 Å². The van der Waals surface area contributed by atoms with Gasteiger partial charge in [0.25, 0.3) is 0 Å². The van der Waals surface area contributed by atoms with Crippen molar-refractivity contribution in [1.82, 2.24) is 0 Å². The summed E-state index contributed by atoms with van der Waals surface area (Å²) in [4.78, 5) is 0. The molecular formula is C11H16O2. The maximum Gasteiger partial charge on any atom is 0.103 e. The van der Waals surface area contributed by atoms with Crippen LogP contribution in [0, 0.1) is 20.8 Å². The van der Waals surface area contributed by atoms with Crippen molar-refractivity contribution in [3.05, 3.63) is 34.4 Å². The van der Waals surface area contributed by atoms with Gasteiger partial charge < -0.3 is 10.2 Å². The monoisotopic (exact) mass is 180 g/mol. The van der Waals surface area contributed by atoms with Crippen molar-refractivity contribution in [2.24, 2.45) is 0 Å². The van der Waals surface area contributed by atoms with Gasteiger partial charge in [0.05, 0.1) is 6.61 Å². The zero-order valence-electron chi connectivity index (χ0n) is 8.33. The van der Waals surface area contributed by atoms with E-state index in [0.29, 0.717) is 0 Å². The summed E-state index contributed by atoms with van der Waals surface area (Å²) in [7, 11) is 0. The third-order valence-electron chi connectivity index (χ3n) is 2.24. The van der Waals surface area contributed by atoms with Crippen LogP contribution in [-0.2, 0) is 0 Å². The first-order valence-electron chi connectivity index (χ1n) is 4.43. The Bertz CT molecular complexity index is 282. The van der Waals surface area contributed by atoms with Crippen molar-refractivity contribution in [2.75, 3.05) is 6.61 Å². The number of hydrogen-bond donors (Lipinski definition) is 2. The quantitative estimate of drug-likeness (QED) is 0.726. The lowest BCUT2D eigenvalue weighted by Gasteiger charge is -2.15. The number of aliphatic hydroxyl groups is 2. The van der Waals surface area contributed by atoms with Crippen LogP contribution in [0.2, 0.25) is 0 Å². The van der Waals surface area contributed by atoms with Gasteiger partial charge in [0, 0.05) is 0 Å². The van der Waals surface area contributed by atoms with Gasteiger partial charge >= 0.3 is 0 Å². The van der Waals surface area contributed by atoms with E-state index in [1.807, 2.05) is 32.9 Å². The van der Waals surface area contributed by atoms with Crippen molar-refractivity contribution < 1.29 is 10.2 Å². The summed E-state index contributed by atoms with van der Waals surface area (Å²) in [6.45, 7) is 5.71. The Morgan fingerprint density at radius 1 is 1.15 bits per heavy atom. The van der Waals surface area contributed by atoms with Gasteiger partial charge in [-0.15, -0.1) is 0 Å². The number of benzene rings is 1. The first-order chi connectivity index (χ1) is 6.06. The normalized spacial score (nSPS) is 13.0. The fourth-order valence-electron chi connectivity index (χ4n) is 1.81. The Morgan fingerprint density at radius 2 is 1.62 bits per heavy atom. The van der Waals surface area contributed by atoms with Gasteiger partial charge in [-0.05, 0) is 37.5 Å². The summed E-state index contributed by atoms with van der Waals surface area (Å²) in [6, 6.07) is 4.03. The molecule has 0 aliphatic rings. The molecule has 13 heavy (non-hydrogen) atoms. The molecule has 0 aliphatic carbocycles. The fourth-order valence-corrected chi connectivity index (χ4v) is 1.81. The second kappa shape index (κ2) is 3.90. The highest BCUT2D eigenvalue weighted by atomic mass is 16.3. The molecule has 0 saturated heterocycles. The minimum absolute atomic E-state index is 0.218. The predicted octanol–water partition coefficient (Wildman–Crippen LogP) is 1.64. The Hall–Kier alpha value is -0.860. The van der Waals surface area contributed by atoms with Crippen LogP contribution in [0.15, 0.2) is 12.1 Å². The average molecular weight is 180 g/mol. The van der Waals surface area contributed by atoms with Gasteiger partial charge in [-0.2, -0.15) is 0 Å². The zero-order chi connectivity index (χ0) is 10.0. The van der Waals surface area contributed by atoms with Gasteiger partial charge in [-0.3, -0.25) is 0 Å². The van der Waals surface area contributed by atoms with Gasteiger partial charge in [-0.25, -0.2) is 0 Å². The van der Waals surface area contributed by atoms with Crippen molar-refractivity contribution in [3.63, 3.8) is 0 Å². The highest BCUT2D eigenvalue weighted by molar-refractivity contribution is 5.38. The molecule has 72 valence electrons. The highest BCUT2D eigenvalue weighted by Crippen LogP contribution is 2.22. The van der Waals surface area contributed by atoms with Crippen LogP contribution < -0.4 is 0 Å². The molecule has 2 heteroatoms. The van der Waals surface area contributed by atoms with E-state index in [1.54, 1.807) is 0 Å². The molecule has 0 spiro atoms. The Kier molecular flexibility index (Phi) is 3.07. The molecule has 2 N–H and O–H groups in total. The molecule has 1 atom stereocenters. The number of hydrogen-bond acceptors (Lipinski definition) is 2. The molecule has 0 saturated carbocycles. The zero-order valence-corrected chi connectivity index (χ0v) is 8.33. The van der Waals surface area contributed by atoms with Crippen molar-refractivity contribution in [2.45, 2.75) is 26.9 Å². The molecule has 1 aromatic rings. The van der Waals surface area contributed by atoms with Gasteiger partial charge in [0.1, 0.15) is 6.10 Å². The molecule has 1 aromatic carbocycles. The molecule has 0 fully saturated rings. The van der Waals surface area contributed by atoms with E-state index in [4.69, 9.17) is 5.11 Å². The molecule has 0 aromatic heterocycles. The Balaban J connectivity index is 3.20. The second-order valence-electron chi connectivity index (χ2n) is 3.51. The van der Waals surface area contributed by atoms with Crippen LogP contribution in [0.3, 0.4) is 0 Å². The molecule has 0 heterocycles. The third-order valence-corrected chi connectivity index (χ3v) is 2.24. The van der Waals surface area contributed by atoms with E-state index in [9.17, 15) is 5.11 Å². The highest BCUT2D eigenvalue weighted by Gasteiger charge is 2.11. The lowest BCUT2D eigenvalue weighted by molar-refractivity contribution is 0.0946. The lowest BCUT2D eigenvalue weighted by atomic mass is 9.96. The standard InChI is InChI=1S/C11H16O2/c1-7-4-8(2)11(9(3)5-7)10(13)6-12/h4-5,10,12-13H,6H2,1-3H3/t10-/m0/s1. The summed E-state index contributed by atoms with van der Waals surface area (Å²) in [5, 5.41) is 18.4. The van der Waals surface area contributed by atoms with Crippen LogP contribution in [0.4, 0.5) is 0 Å². The van der Waals surface area contributed by atoms with Gasteiger partial charge in [-0.1, -0.05) is 17.7 Å². The lowest BCUT2D eigenvalue weighted by Crippen LogP contribution is -2.07. The molecule has 0 bridgehead atoms. The summed E-state index contributed by atoms with van der Waals surface area (Å²) in [5.74, 6) is 0. The minimum Gasteiger partial charge on any atom is -0.393 e. The first-order valence-corrected chi connectivity index (χ1v) is 4.43. The SMILES string of the molecule is Cc1cc(C)c([C@@H](O)CO)c(C)c1. The topological polar surface area (TPSA) is 40.5 Å². The first kappa shape index (κ1) is 10.2. The van der Waals surface area contributed by atoms with E-state index >= 15 is 0 Å². The van der Waals surface area contributed by atoms with Crippen molar-refractivity contribution in [1.29, 1.82) is 0 Å². The van der Waals surface area contributed by atoms with Crippen LogP contribution in [-0.4, -0.2) is 16.8 Å². The van der Waals surface area contributed by atoms with Crippen LogP contribution in [0.5, 0.6) is 0 Å². The van der Waals surface area contributed by atoms with E-state index < -0.39 is 6.10 Å². The van der Waals surface area contributed by atoms with E-state index in [2.05, 4.69) is 0 Å². The van der Waals surface area contributed by atoms with Gasteiger partial charge in [0.15, 0.2) is 0 Å². The van der Waals surface area contributed by atoms with Crippen molar-refractivity contribution >= 4 is 0 Å². The second-order valence-corrected chi connectivity index (χ2v) is 3.51. The third kappa shape index (κ3) is 2.08. The summed E-state index contributed by atoms with van der Waals surface area (Å²) in [6.07, 6.45) is -0.749. The van der Waals surface area contributed by atoms with E-state index in [0.717, 1.165) is 16.7 Å². The van der Waals surface area contributed by atoms with Crippen molar-refractivity contribution in [3.8, 4) is 0 Å². The maximum atomic E-state index is 9.53. The van der Waals surface area contributed by atoms with Crippen LogP contribution >= 0.6 is 0 Å². The molecule has 0 aliphatic heterocycles. The maximum absolute atomic E-state index is 9.53. The number of rotatable bonds is 2. The molecule has 0 amide bonds. The number of aliphatic hydroxyl groups excluding tert-OH is 2. The van der Waals surface area contributed by atoms with Crippen LogP contribution in [0.1, 0.15) is 28.4 Å². The smallest absolute Gasteiger partial charge is 0.103 e. The minimum atomic E-state index is -0.749. The molecule has 2 nitrogen and oxygen atoms in total.